The third-order valence-electron chi connectivity index (χ3n) is 4.81. The minimum atomic E-state index is -3.75. The highest BCUT2D eigenvalue weighted by molar-refractivity contribution is 7.92. The number of thiazole rings is 1. The van der Waals surface area contributed by atoms with Gasteiger partial charge in [-0.3, -0.25) is 9.52 Å². The molecule has 1 aromatic heterocycles. The Hall–Kier alpha value is -3.74. The maximum atomic E-state index is 13.6. The Morgan fingerprint density at radius 1 is 1.12 bits per heavy atom. The molecule has 33 heavy (non-hydrogen) atoms. The fourth-order valence-electron chi connectivity index (χ4n) is 3.14. The topological polar surface area (TPSA) is 80.5 Å². The van der Waals surface area contributed by atoms with Gasteiger partial charge in [-0.1, -0.05) is 35.0 Å². The Balaban J connectivity index is 1.60. The largest absolute Gasteiger partial charge is 0.305 e. The van der Waals surface area contributed by atoms with E-state index in [1.807, 2.05) is 6.92 Å². The van der Waals surface area contributed by atoms with Crippen molar-refractivity contribution < 1.29 is 17.6 Å². The summed E-state index contributed by atoms with van der Waals surface area (Å²) in [6.07, 6.45) is 5.44. The van der Waals surface area contributed by atoms with Crippen LogP contribution in [-0.4, -0.2) is 18.9 Å². The molecule has 1 amide bonds. The molecule has 0 atom stereocenters. The molecule has 0 saturated heterocycles. The van der Waals surface area contributed by atoms with Crippen LogP contribution in [0.1, 0.15) is 15.9 Å². The molecule has 3 aromatic carbocycles. The number of sulfonamides is 1. The zero-order chi connectivity index (χ0) is 23.6. The van der Waals surface area contributed by atoms with Crippen LogP contribution < -0.4 is 9.52 Å². The van der Waals surface area contributed by atoms with Crippen LogP contribution in [0.4, 0.5) is 10.1 Å². The van der Waals surface area contributed by atoms with Crippen LogP contribution in [0.15, 0.2) is 76.6 Å². The molecule has 4 aromatic rings. The fourth-order valence-corrected chi connectivity index (χ4v) is 5.25. The van der Waals surface area contributed by atoms with Gasteiger partial charge in [0.1, 0.15) is 5.82 Å². The number of nitrogens with zero attached hydrogens (tertiary/aromatic N) is 2. The predicted molar refractivity (Wildman–Crippen MR) is 127 cm³/mol. The number of halogens is 1. The summed E-state index contributed by atoms with van der Waals surface area (Å²) in [6, 6.07) is 16.7. The lowest BCUT2D eigenvalue weighted by molar-refractivity contribution is 0.0998. The quantitative estimate of drug-likeness (QED) is 0.433. The number of fused-ring (bicyclic) bond motifs is 1. The molecule has 6 nitrogen and oxygen atoms in total. The van der Waals surface area contributed by atoms with E-state index in [4.69, 9.17) is 6.42 Å². The van der Waals surface area contributed by atoms with E-state index in [1.165, 1.54) is 48.5 Å². The molecule has 0 aliphatic carbocycles. The van der Waals surface area contributed by atoms with E-state index in [0.29, 0.717) is 20.7 Å². The van der Waals surface area contributed by atoms with Gasteiger partial charge in [0.15, 0.2) is 4.80 Å². The average Bonchev–Trinajstić information content (AvgIpc) is 3.10. The van der Waals surface area contributed by atoms with Crippen molar-refractivity contribution in [2.24, 2.45) is 4.99 Å². The lowest BCUT2D eigenvalue weighted by atomic mass is 10.2. The van der Waals surface area contributed by atoms with Crippen LogP contribution in [0.5, 0.6) is 0 Å². The number of nitrogens with one attached hydrogen (secondary N) is 1. The summed E-state index contributed by atoms with van der Waals surface area (Å²) in [6.45, 7) is 2.05. The molecule has 0 spiro atoms. The van der Waals surface area contributed by atoms with Crippen molar-refractivity contribution in [1.29, 1.82) is 0 Å². The maximum absolute atomic E-state index is 13.6. The second-order valence-corrected chi connectivity index (χ2v) is 9.89. The van der Waals surface area contributed by atoms with Crippen LogP contribution in [0.3, 0.4) is 0 Å². The van der Waals surface area contributed by atoms with Crippen LogP contribution in [0.2, 0.25) is 0 Å². The Kier molecular flexibility index (Phi) is 6.14. The zero-order valence-electron chi connectivity index (χ0n) is 17.4. The third kappa shape index (κ3) is 4.87. The molecule has 0 saturated carbocycles. The van der Waals surface area contributed by atoms with Gasteiger partial charge in [-0.15, -0.1) is 6.42 Å². The van der Waals surface area contributed by atoms with Gasteiger partial charge in [0.2, 0.25) is 0 Å². The number of rotatable bonds is 5. The van der Waals surface area contributed by atoms with E-state index >= 15 is 0 Å². The molecule has 0 aliphatic heterocycles. The van der Waals surface area contributed by atoms with Gasteiger partial charge >= 0.3 is 0 Å². The van der Waals surface area contributed by atoms with Crippen molar-refractivity contribution in [2.75, 3.05) is 4.72 Å². The predicted octanol–water partition coefficient (Wildman–Crippen LogP) is 4.33. The molecule has 0 unspecified atom stereocenters. The third-order valence-corrected chi connectivity index (χ3v) is 7.25. The number of hydrogen-bond acceptors (Lipinski definition) is 4. The van der Waals surface area contributed by atoms with E-state index in [9.17, 15) is 17.6 Å². The lowest BCUT2D eigenvalue weighted by Gasteiger charge is -2.08. The minimum absolute atomic E-state index is 0.141. The first-order chi connectivity index (χ1) is 15.8. The van der Waals surface area contributed by atoms with Crippen molar-refractivity contribution >= 4 is 43.2 Å². The molecule has 1 heterocycles. The van der Waals surface area contributed by atoms with Gasteiger partial charge in [0.25, 0.3) is 15.9 Å². The zero-order valence-corrected chi connectivity index (χ0v) is 19.1. The monoisotopic (exact) mass is 479 g/mol. The number of benzene rings is 3. The van der Waals surface area contributed by atoms with E-state index in [-0.39, 0.29) is 17.0 Å². The molecule has 0 bridgehead atoms. The van der Waals surface area contributed by atoms with Crippen LogP contribution >= 0.6 is 11.3 Å². The van der Waals surface area contributed by atoms with Crippen molar-refractivity contribution in [3.8, 4) is 12.3 Å². The number of amides is 1. The molecular weight excluding hydrogens is 461 g/mol. The first-order valence-electron chi connectivity index (χ1n) is 9.78. The lowest BCUT2D eigenvalue weighted by Crippen LogP contribution is -2.16. The summed E-state index contributed by atoms with van der Waals surface area (Å²) in [5, 5.41) is 0. The van der Waals surface area contributed by atoms with E-state index in [0.717, 1.165) is 16.9 Å². The standard InChI is InChI=1S/C24H18FN3O3S2/c1-3-14-28-21-13-8-18(25)15-22(21)32-24(28)26-23(29)17-6-9-19(10-7-17)27-33(30,31)20-11-4-16(2)5-12-20/h1,4-13,15,27H,14H2,2H3. The van der Waals surface area contributed by atoms with Crippen LogP contribution in [0, 0.1) is 25.1 Å². The molecule has 166 valence electrons. The van der Waals surface area contributed by atoms with E-state index in [2.05, 4.69) is 15.6 Å². The van der Waals surface area contributed by atoms with Gasteiger partial charge in [-0.25, -0.2) is 12.8 Å². The number of carbonyl (C=O) groups is 1. The molecule has 0 radical (unpaired) electrons. The SMILES string of the molecule is C#CCn1c(=NC(=O)c2ccc(NS(=O)(=O)c3ccc(C)cc3)cc2)sc2cc(F)ccc21. The number of hydrogen-bond donors (Lipinski definition) is 1. The Morgan fingerprint density at radius 3 is 2.48 bits per heavy atom. The van der Waals surface area contributed by atoms with Crippen LogP contribution in [-0.2, 0) is 16.6 Å². The maximum Gasteiger partial charge on any atom is 0.279 e. The van der Waals surface area contributed by atoms with E-state index < -0.39 is 21.7 Å². The molecule has 0 aliphatic rings. The fraction of sp³-hybridized carbons (Fsp3) is 0.0833. The van der Waals surface area contributed by atoms with Gasteiger partial charge < -0.3 is 4.57 Å². The number of aromatic nitrogens is 1. The van der Waals surface area contributed by atoms with Crippen LogP contribution in [0.25, 0.3) is 10.2 Å². The highest BCUT2D eigenvalue weighted by Crippen LogP contribution is 2.20. The highest BCUT2D eigenvalue weighted by atomic mass is 32.2. The van der Waals surface area contributed by atoms with Gasteiger partial charge in [0.05, 0.1) is 21.7 Å². The van der Waals surface area contributed by atoms with Crippen molar-refractivity contribution in [3.05, 3.63) is 88.5 Å². The summed E-state index contributed by atoms with van der Waals surface area (Å²) < 4.78 is 43.4. The number of aryl methyl sites for hydroxylation is 1. The molecule has 1 N–H and O–H groups in total. The Bertz CT molecular complexity index is 1560. The number of terminal acetylenes is 1. The summed E-state index contributed by atoms with van der Waals surface area (Å²) in [7, 11) is -3.75. The summed E-state index contributed by atoms with van der Waals surface area (Å²) in [5.74, 6) is 1.60. The Morgan fingerprint density at radius 2 is 1.82 bits per heavy atom. The van der Waals surface area contributed by atoms with Crippen molar-refractivity contribution in [1.82, 2.24) is 4.57 Å². The summed E-state index contributed by atoms with van der Waals surface area (Å²) in [4.78, 5) is 17.4. The first kappa shape index (κ1) is 22.5. The summed E-state index contributed by atoms with van der Waals surface area (Å²) >= 11 is 1.16. The highest BCUT2D eigenvalue weighted by Gasteiger charge is 2.15. The Labute approximate surface area is 194 Å². The molecule has 0 fully saturated rings. The van der Waals surface area contributed by atoms with E-state index in [1.54, 1.807) is 22.8 Å². The molecule has 9 heteroatoms. The van der Waals surface area contributed by atoms with Crippen molar-refractivity contribution in [2.45, 2.75) is 18.4 Å². The van der Waals surface area contributed by atoms with Gasteiger partial charge in [-0.05, 0) is 61.5 Å². The van der Waals surface area contributed by atoms with Crippen molar-refractivity contribution in [3.63, 3.8) is 0 Å². The molecule has 4 rings (SSSR count). The first-order valence-corrected chi connectivity index (χ1v) is 12.1. The second-order valence-electron chi connectivity index (χ2n) is 7.20. The average molecular weight is 480 g/mol. The smallest absolute Gasteiger partial charge is 0.279 e. The minimum Gasteiger partial charge on any atom is -0.305 e. The normalized spacial score (nSPS) is 12.0. The number of anilines is 1. The molecular formula is C24H18FN3O3S2. The summed E-state index contributed by atoms with van der Waals surface area (Å²) in [5.41, 5.74) is 2.22. The van der Waals surface area contributed by atoms with Gasteiger partial charge in [0, 0.05) is 11.3 Å². The van der Waals surface area contributed by atoms with Gasteiger partial charge in [-0.2, -0.15) is 4.99 Å². The second kappa shape index (κ2) is 9.02. The number of carbonyl (C=O) groups excluding carboxylic acids is 1.